The van der Waals surface area contributed by atoms with Gasteiger partial charge in [-0.25, -0.2) is 4.79 Å². The van der Waals surface area contributed by atoms with Crippen molar-refractivity contribution in [3.05, 3.63) is 35.4 Å². The molecule has 0 fully saturated rings. The van der Waals surface area contributed by atoms with Crippen molar-refractivity contribution in [3.8, 4) is 0 Å². The van der Waals surface area contributed by atoms with Crippen molar-refractivity contribution < 1.29 is 9.90 Å². The van der Waals surface area contributed by atoms with Gasteiger partial charge in [-0.15, -0.1) is 0 Å². The van der Waals surface area contributed by atoms with E-state index in [2.05, 4.69) is 24.2 Å². The number of amidine groups is 1. The molecular formula is C14H19N3O2. The standard InChI is InChI=1S/C14H19N3O2/c1-14(2)9-15-12(16-14)11-6-4-10(5-7-11)8-17(3)13(18)19/h4-7H,8-9H2,1-3H3,(H,15,16)(H,18,19). The largest absolute Gasteiger partial charge is 0.465 e. The van der Waals surface area contributed by atoms with Crippen LogP contribution in [0, 0.1) is 0 Å². The molecule has 19 heavy (non-hydrogen) atoms. The smallest absolute Gasteiger partial charge is 0.407 e. The summed E-state index contributed by atoms with van der Waals surface area (Å²) in [4.78, 5) is 16.5. The Morgan fingerprint density at radius 1 is 1.42 bits per heavy atom. The van der Waals surface area contributed by atoms with E-state index < -0.39 is 6.09 Å². The van der Waals surface area contributed by atoms with Gasteiger partial charge in [0.2, 0.25) is 0 Å². The highest BCUT2D eigenvalue weighted by Crippen LogP contribution is 2.15. The molecule has 0 saturated carbocycles. The lowest BCUT2D eigenvalue weighted by Gasteiger charge is -2.18. The lowest BCUT2D eigenvalue weighted by Crippen LogP contribution is -2.39. The summed E-state index contributed by atoms with van der Waals surface area (Å²) in [6.45, 7) is 5.38. The molecule has 1 heterocycles. The van der Waals surface area contributed by atoms with Gasteiger partial charge in [-0.3, -0.25) is 4.99 Å². The van der Waals surface area contributed by atoms with E-state index in [-0.39, 0.29) is 5.54 Å². The van der Waals surface area contributed by atoms with Crippen molar-refractivity contribution in [2.45, 2.75) is 25.9 Å². The van der Waals surface area contributed by atoms with Gasteiger partial charge in [0.05, 0.1) is 12.1 Å². The van der Waals surface area contributed by atoms with Crippen molar-refractivity contribution >= 4 is 11.9 Å². The molecule has 1 aliphatic heterocycles. The molecule has 1 aromatic carbocycles. The van der Waals surface area contributed by atoms with Crippen LogP contribution in [-0.2, 0) is 6.54 Å². The second-order valence-corrected chi connectivity index (χ2v) is 5.51. The van der Waals surface area contributed by atoms with Crippen LogP contribution in [0.15, 0.2) is 29.3 Å². The van der Waals surface area contributed by atoms with Crippen LogP contribution in [0.2, 0.25) is 0 Å². The van der Waals surface area contributed by atoms with E-state index in [0.29, 0.717) is 6.54 Å². The molecule has 5 nitrogen and oxygen atoms in total. The number of benzene rings is 1. The van der Waals surface area contributed by atoms with Gasteiger partial charge in [0.15, 0.2) is 0 Å². The molecule has 1 aliphatic rings. The zero-order valence-electron chi connectivity index (χ0n) is 11.5. The Morgan fingerprint density at radius 3 is 2.53 bits per heavy atom. The average molecular weight is 261 g/mol. The fourth-order valence-corrected chi connectivity index (χ4v) is 1.95. The third kappa shape index (κ3) is 3.24. The molecule has 0 aliphatic carbocycles. The zero-order valence-corrected chi connectivity index (χ0v) is 11.5. The number of nitrogens with zero attached hydrogens (tertiary/aromatic N) is 2. The van der Waals surface area contributed by atoms with Crippen LogP contribution in [0.1, 0.15) is 25.0 Å². The molecule has 1 amide bonds. The maximum absolute atomic E-state index is 10.7. The molecule has 0 atom stereocenters. The first-order chi connectivity index (χ1) is 8.87. The third-order valence-corrected chi connectivity index (χ3v) is 3.06. The van der Waals surface area contributed by atoms with Crippen LogP contribution in [0.4, 0.5) is 4.79 Å². The molecule has 2 N–H and O–H groups in total. The lowest BCUT2D eigenvalue weighted by molar-refractivity contribution is 0.154. The fraction of sp³-hybridized carbons (Fsp3) is 0.429. The monoisotopic (exact) mass is 261 g/mol. The Balaban J connectivity index is 2.05. The molecule has 5 heteroatoms. The van der Waals surface area contributed by atoms with E-state index in [0.717, 1.165) is 23.5 Å². The highest BCUT2D eigenvalue weighted by atomic mass is 16.4. The number of rotatable bonds is 3. The van der Waals surface area contributed by atoms with Crippen LogP contribution in [0.25, 0.3) is 0 Å². The highest BCUT2D eigenvalue weighted by molar-refractivity contribution is 6.00. The number of carbonyl (C=O) groups is 1. The summed E-state index contributed by atoms with van der Waals surface area (Å²) >= 11 is 0. The molecule has 0 saturated heterocycles. The average Bonchev–Trinajstić information content (AvgIpc) is 2.70. The van der Waals surface area contributed by atoms with Crippen molar-refractivity contribution in [1.29, 1.82) is 0 Å². The minimum Gasteiger partial charge on any atom is -0.465 e. The number of hydrogen-bond donors (Lipinski definition) is 2. The molecule has 0 aromatic heterocycles. The summed E-state index contributed by atoms with van der Waals surface area (Å²) in [7, 11) is 1.56. The van der Waals surface area contributed by atoms with Gasteiger partial charge in [0, 0.05) is 19.2 Å². The van der Waals surface area contributed by atoms with Crippen LogP contribution >= 0.6 is 0 Å². The van der Waals surface area contributed by atoms with Crippen LogP contribution in [0.3, 0.4) is 0 Å². The molecule has 102 valence electrons. The van der Waals surface area contributed by atoms with Gasteiger partial charge in [-0.05, 0) is 19.4 Å². The quantitative estimate of drug-likeness (QED) is 0.873. The van der Waals surface area contributed by atoms with E-state index in [1.807, 2.05) is 24.3 Å². The number of hydrogen-bond acceptors (Lipinski definition) is 3. The highest BCUT2D eigenvalue weighted by Gasteiger charge is 2.25. The summed E-state index contributed by atoms with van der Waals surface area (Å²) in [5.74, 6) is 0.906. The first-order valence-electron chi connectivity index (χ1n) is 6.23. The predicted octanol–water partition coefficient (Wildman–Crippen LogP) is 1.92. The summed E-state index contributed by atoms with van der Waals surface area (Å²) in [5, 5.41) is 12.2. The van der Waals surface area contributed by atoms with E-state index in [1.165, 1.54) is 4.90 Å². The van der Waals surface area contributed by atoms with E-state index >= 15 is 0 Å². The molecule has 1 aromatic rings. The zero-order chi connectivity index (χ0) is 14.0. The molecule has 0 bridgehead atoms. The van der Waals surface area contributed by atoms with E-state index in [1.54, 1.807) is 7.05 Å². The van der Waals surface area contributed by atoms with Crippen LogP contribution < -0.4 is 5.32 Å². The predicted molar refractivity (Wildman–Crippen MR) is 74.6 cm³/mol. The number of carboxylic acid groups (broad SMARTS) is 1. The Hall–Kier alpha value is -2.04. The first kappa shape index (κ1) is 13.4. The van der Waals surface area contributed by atoms with Gasteiger partial charge >= 0.3 is 6.09 Å². The molecule has 0 unspecified atom stereocenters. The van der Waals surface area contributed by atoms with Crippen molar-refractivity contribution in [2.24, 2.45) is 4.99 Å². The maximum atomic E-state index is 10.7. The maximum Gasteiger partial charge on any atom is 0.407 e. The summed E-state index contributed by atoms with van der Waals surface area (Å²) in [5.41, 5.74) is 2.01. The minimum absolute atomic E-state index is 0.0114. The van der Waals surface area contributed by atoms with E-state index in [4.69, 9.17) is 5.11 Å². The van der Waals surface area contributed by atoms with Crippen molar-refractivity contribution in [3.63, 3.8) is 0 Å². The number of amides is 1. The van der Waals surface area contributed by atoms with Gasteiger partial charge in [-0.2, -0.15) is 0 Å². The second kappa shape index (κ2) is 4.91. The Labute approximate surface area is 113 Å². The summed E-state index contributed by atoms with van der Waals surface area (Å²) in [6.07, 6.45) is -0.923. The molecule has 0 radical (unpaired) electrons. The summed E-state index contributed by atoms with van der Waals surface area (Å²) < 4.78 is 0. The van der Waals surface area contributed by atoms with Crippen LogP contribution in [0.5, 0.6) is 0 Å². The summed E-state index contributed by atoms with van der Waals surface area (Å²) in [6, 6.07) is 7.81. The van der Waals surface area contributed by atoms with Crippen molar-refractivity contribution in [1.82, 2.24) is 10.2 Å². The normalized spacial score (nSPS) is 16.7. The van der Waals surface area contributed by atoms with Gasteiger partial charge in [0.1, 0.15) is 5.84 Å². The van der Waals surface area contributed by atoms with Gasteiger partial charge in [-0.1, -0.05) is 24.3 Å². The fourth-order valence-electron chi connectivity index (χ4n) is 1.95. The third-order valence-electron chi connectivity index (χ3n) is 3.06. The van der Waals surface area contributed by atoms with Crippen molar-refractivity contribution in [2.75, 3.05) is 13.6 Å². The van der Waals surface area contributed by atoms with Gasteiger partial charge in [0.25, 0.3) is 0 Å². The Bertz CT molecular complexity index is 506. The molecule has 2 rings (SSSR count). The Morgan fingerprint density at radius 2 is 2.05 bits per heavy atom. The SMILES string of the molecule is CN(Cc1ccc(C2=NCC(C)(C)N2)cc1)C(=O)O. The second-order valence-electron chi connectivity index (χ2n) is 5.51. The van der Waals surface area contributed by atoms with E-state index in [9.17, 15) is 4.79 Å². The Kier molecular flexibility index (Phi) is 3.46. The number of nitrogens with one attached hydrogen (secondary N) is 1. The number of aliphatic imine (C=N–C) groups is 1. The minimum atomic E-state index is -0.923. The topological polar surface area (TPSA) is 64.9 Å². The molecular weight excluding hydrogens is 242 g/mol. The van der Waals surface area contributed by atoms with Crippen LogP contribution in [-0.4, -0.2) is 41.1 Å². The van der Waals surface area contributed by atoms with Gasteiger partial charge < -0.3 is 15.3 Å². The first-order valence-corrected chi connectivity index (χ1v) is 6.23. The molecule has 0 spiro atoms. The lowest BCUT2D eigenvalue weighted by atomic mass is 10.1.